The number of carbonyl (C=O) groups is 2. The zero-order chi connectivity index (χ0) is 39.0. The summed E-state index contributed by atoms with van der Waals surface area (Å²) in [6, 6.07) is 13.0. The number of aliphatic carboxylic acids is 2. The third-order valence-corrected chi connectivity index (χ3v) is 7.73. The minimum Gasteiger partial charge on any atom is -0.475 e. The van der Waals surface area contributed by atoms with Gasteiger partial charge in [0.2, 0.25) is 0 Å². The molecule has 0 bridgehead atoms. The summed E-state index contributed by atoms with van der Waals surface area (Å²) in [5.41, 5.74) is -2.88. The van der Waals surface area contributed by atoms with Crippen molar-refractivity contribution >= 4 is 27.9 Å². The van der Waals surface area contributed by atoms with Crippen LogP contribution in [0.25, 0.3) is 11.1 Å². The molecule has 0 radical (unpaired) electrons. The Morgan fingerprint density at radius 1 is 0.647 bits per heavy atom. The van der Waals surface area contributed by atoms with E-state index in [1.54, 1.807) is 24.5 Å². The average molecular weight is 816 g/mol. The summed E-state index contributed by atoms with van der Waals surface area (Å²) in [6.45, 7) is 5.20. The maximum absolute atomic E-state index is 13.1. The molecular weight excluding hydrogens is 790 g/mol. The van der Waals surface area contributed by atoms with E-state index >= 15 is 0 Å². The minimum absolute atomic E-state index is 0.442. The molecule has 0 saturated carbocycles. The molecule has 4 rings (SSSR count). The van der Waals surface area contributed by atoms with Gasteiger partial charge in [-0.3, -0.25) is 14.8 Å². The van der Waals surface area contributed by atoms with Crippen molar-refractivity contribution in [3.05, 3.63) is 88.2 Å². The van der Waals surface area contributed by atoms with Crippen LogP contribution in [0.3, 0.4) is 0 Å². The molecule has 0 aliphatic carbocycles. The molecule has 2 heterocycles. The first-order chi connectivity index (χ1) is 23.3. The lowest BCUT2D eigenvalue weighted by Crippen LogP contribution is -2.53. The van der Waals surface area contributed by atoms with Crippen LogP contribution in [0.5, 0.6) is 0 Å². The molecule has 21 heteroatoms. The van der Waals surface area contributed by atoms with Crippen molar-refractivity contribution in [2.45, 2.75) is 43.4 Å². The van der Waals surface area contributed by atoms with E-state index in [0.29, 0.717) is 23.3 Å². The molecule has 0 amide bonds. The maximum Gasteiger partial charge on any atom is 0.490 e. The van der Waals surface area contributed by atoms with Crippen LogP contribution >= 0.6 is 15.9 Å². The largest absolute Gasteiger partial charge is 0.490 e. The van der Waals surface area contributed by atoms with Crippen molar-refractivity contribution in [2.75, 3.05) is 26.2 Å². The first kappa shape index (κ1) is 43.2. The number of benzene rings is 2. The number of hydrogen-bond acceptors (Lipinski definition) is 6. The van der Waals surface area contributed by atoms with E-state index in [9.17, 15) is 57.8 Å². The predicted molar refractivity (Wildman–Crippen MR) is 158 cm³/mol. The minimum atomic E-state index is -5.91. The van der Waals surface area contributed by atoms with Crippen molar-refractivity contribution in [1.82, 2.24) is 14.8 Å². The van der Waals surface area contributed by atoms with E-state index in [0.717, 1.165) is 61.4 Å². The summed E-state index contributed by atoms with van der Waals surface area (Å²) in [5.74, 6) is -5.51. The van der Waals surface area contributed by atoms with Gasteiger partial charge in [0.15, 0.2) is 0 Å². The number of nitrogens with zero attached hydrogens (tertiary/aromatic N) is 3. The highest BCUT2D eigenvalue weighted by Gasteiger charge is 2.71. The quantitative estimate of drug-likeness (QED) is 0.221. The Morgan fingerprint density at radius 3 is 1.37 bits per heavy atom. The second-order valence-electron chi connectivity index (χ2n) is 10.6. The summed E-state index contributed by atoms with van der Waals surface area (Å²) >= 11 is 3.53. The Bertz CT molecular complexity index is 1550. The standard InChI is InChI=1S/C26H24BrF6N3O.2C2HF3O2/c27-23-15-34-10-9-21(23)17-36-13-11-35(12-14-36)16-18-1-3-19(4-2-18)20-5-7-22(8-6-20)24(37,25(28,29)30)26(31,32)33;2*3-2(4,5)1(6)7/h1-10,15,37H,11-14,16-17H2;2*(H,6,7). The summed E-state index contributed by atoms with van der Waals surface area (Å²) < 4.78 is 143. The molecule has 1 aromatic heterocycles. The van der Waals surface area contributed by atoms with E-state index in [1.807, 2.05) is 18.2 Å². The highest BCUT2D eigenvalue weighted by atomic mass is 79.9. The van der Waals surface area contributed by atoms with E-state index in [2.05, 4.69) is 30.7 Å². The fourth-order valence-electron chi connectivity index (χ4n) is 4.33. The number of aromatic nitrogens is 1. The molecular formula is C30H26BrF12N3O5. The third-order valence-electron chi connectivity index (χ3n) is 7.02. The van der Waals surface area contributed by atoms with Crippen LogP contribution in [0.1, 0.15) is 16.7 Å². The number of carboxylic acid groups (broad SMARTS) is 2. The van der Waals surface area contributed by atoms with Gasteiger partial charge in [0.25, 0.3) is 5.60 Å². The molecule has 0 atom stereocenters. The van der Waals surface area contributed by atoms with Crippen LogP contribution in [-0.2, 0) is 28.3 Å². The van der Waals surface area contributed by atoms with Crippen molar-refractivity contribution < 1.29 is 77.6 Å². The van der Waals surface area contributed by atoms with Gasteiger partial charge in [-0.25, -0.2) is 9.59 Å². The molecule has 2 aromatic carbocycles. The smallest absolute Gasteiger partial charge is 0.475 e. The first-order valence-electron chi connectivity index (χ1n) is 14.0. The second kappa shape index (κ2) is 17.0. The lowest BCUT2D eigenvalue weighted by atomic mass is 9.90. The number of aliphatic hydroxyl groups is 1. The topological polar surface area (TPSA) is 114 Å². The van der Waals surface area contributed by atoms with Crippen LogP contribution in [0, 0.1) is 0 Å². The fraction of sp³-hybridized carbons (Fsp3) is 0.367. The number of rotatable bonds is 6. The Hall–Kier alpha value is -3.95. The van der Waals surface area contributed by atoms with Gasteiger partial charge in [0, 0.05) is 61.7 Å². The summed E-state index contributed by atoms with van der Waals surface area (Å²) in [4.78, 5) is 26.6. The molecule has 282 valence electrons. The zero-order valence-electron chi connectivity index (χ0n) is 25.5. The Kier molecular flexibility index (Phi) is 14.4. The maximum atomic E-state index is 13.1. The normalized spacial score (nSPS) is 14.9. The predicted octanol–water partition coefficient (Wildman–Crippen LogP) is 7.41. The summed E-state index contributed by atoms with van der Waals surface area (Å²) in [7, 11) is 0. The Balaban J connectivity index is 0.000000543. The fourth-order valence-corrected chi connectivity index (χ4v) is 4.71. The van der Waals surface area contributed by atoms with Gasteiger partial charge in [-0.15, -0.1) is 0 Å². The molecule has 1 aliphatic rings. The van der Waals surface area contributed by atoms with Crippen LogP contribution in [0.2, 0.25) is 0 Å². The van der Waals surface area contributed by atoms with Crippen molar-refractivity contribution in [3.8, 4) is 11.1 Å². The average Bonchev–Trinajstić information content (AvgIpc) is 3.02. The van der Waals surface area contributed by atoms with Crippen LogP contribution < -0.4 is 0 Å². The summed E-state index contributed by atoms with van der Waals surface area (Å²) in [5, 5.41) is 23.8. The van der Waals surface area contributed by atoms with Crippen molar-refractivity contribution in [2.24, 2.45) is 0 Å². The molecule has 3 N–H and O–H groups in total. The molecule has 1 fully saturated rings. The van der Waals surface area contributed by atoms with Crippen molar-refractivity contribution in [1.29, 1.82) is 0 Å². The zero-order valence-corrected chi connectivity index (χ0v) is 27.1. The van der Waals surface area contributed by atoms with E-state index < -0.39 is 47.8 Å². The molecule has 0 unspecified atom stereocenters. The number of piperazine rings is 1. The van der Waals surface area contributed by atoms with E-state index in [-0.39, 0.29) is 0 Å². The summed E-state index contributed by atoms with van der Waals surface area (Å²) in [6.07, 6.45) is -18.4. The van der Waals surface area contributed by atoms with Gasteiger partial charge in [-0.2, -0.15) is 52.7 Å². The van der Waals surface area contributed by atoms with Gasteiger partial charge >= 0.3 is 36.6 Å². The Labute approximate surface area is 289 Å². The van der Waals surface area contributed by atoms with Gasteiger partial charge in [-0.05, 0) is 44.3 Å². The van der Waals surface area contributed by atoms with Gasteiger partial charge < -0.3 is 15.3 Å². The molecule has 0 spiro atoms. The number of hydrogen-bond donors (Lipinski definition) is 3. The number of halogens is 13. The lowest BCUT2D eigenvalue weighted by molar-refractivity contribution is -0.376. The highest BCUT2D eigenvalue weighted by Crippen LogP contribution is 2.50. The van der Waals surface area contributed by atoms with E-state index in [1.165, 1.54) is 5.56 Å². The highest BCUT2D eigenvalue weighted by molar-refractivity contribution is 9.10. The van der Waals surface area contributed by atoms with Gasteiger partial charge in [-0.1, -0.05) is 48.5 Å². The van der Waals surface area contributed by atoms with Gasteiger partial charge in [0.05, 0.1) is 0 Å². The lowest BCUT2D eigenvalue weighted by Gasteiger charge is -2.35. The van der Waals surface area contributed by atoms with Crippen LogP contribution in [0.4, 0.5) is 52.7 Å². The van der Waals surface area contributed by atoms with Crippen LogP contribution in [0.15, 0.2) is 71.5 Å². The van der Waals surface area contributed by atoms with Crippen LogP contribution in [-0.4, -0.2) is 92.9 Å². The number of carboxylic acids is 2. The molecule has 1 saturated heterocycles. The molecule has 8 nitrogen and oxygen atoms in total. The van der Waals surface area contributed by atoms with Crippen molar-refractivity contribution in [3.63, 3.8) is 0 Å². The number of pyridine rings is 1. The SMILES string of the molecule is O=C(O)C(F)(F)F.O=C(O)C(F)(F)F.OC(c1ccc(-c2ccc(CN3CCN(Cc4ccncc4Br)CC3)cc2)cc1)(C(F)(F)F)C(F)(F)F. The number of alkyl halides is 12. The molecule has 1 aliphatic heterocycles. The molecule has 3 aromatic rings. The second-order valence-corrected chi connectivity index (χ2v) is 11.5. The monoisotopic (exact) mass is 815 g/mol. The third kappa shape index (κ3) is 12.4. The Morgan fingerprint density at radius 2 is 1.02 bits per heavy atom. The van der Waals surface area contributed by atoms with E-state index in [4.69, 9.17) is 19.8 Å². The first-order valence-corrected chi connectivity index (χ1v) is 14.8. The molecule has 51 heavy (non-hydrogen) atoms. The van der Waals surface area contributed by atoms with Gasteiger partial charge in [0.1, 0.15) is 0 Å².